The van der Waals surface area contributed by atoms with Crippen molar-refractivity contribution in [3.05, 3.63) is 82.9 Å². The summed E-state index contributed by atoms with van der Waals surface area (Å²) in [7, 11) is 0. The predicted molar refractivity (Wildman–Crippen MR) is 118 cm³/mol. The fraction of sp³-hybridized carbons (Fsp3) is 0.0476. The normalized spacial score (nSPS) is 10.9. The summed E-state index contributed by atoms with van der Waals surface area (Å²) in [6.07, 6.45) is -0.114. The van der Waals surface area contributed by atoms with Crippen LogP contribution in [0.2, 0.25) is 10.0 Å². The molecule has 0 saturated heterocycles. The van der Waals surface area contributed by atoms with Gasteiger partial charge in [-0.1, -0.05) is 29.3 Å². The number of halogens is 5. The number of carboxylic acid groups (broad SMARTS) is 1. The number of carboxylic acids is 1. The highest BCUT2D eigenvalue weighted by molar-refractivity contribution is 6.32. The molecule has 4 aromatic rings. The van der Waals surface area contributed by atoms with Gasteiger partial charge in [-0.2, -0.15) is 13.2 Å². The van der Waals surface area contributed by atoms with Gasteiger partial charge in [-0.05, 0) is 36.4 Å². The van der Waals surface area contributed by atoms with Crippen LogP contribution in [0.4, 0.5) is 18.9 Å². The minimum atomic E-state index is -5.08. The first-order valence-electron chi connectivity index (χ1n) is 9.17. The molecule has 0 unspecified atom stereocenters. The number of anilines is 1. The Labute approximate surface area is 199 Å². The number of benzene rings is 1. The number of nitrogens with one attached hydrogen (secondary N) is 1. The third-order valence-electron chi connectivity index (χ3n) is 3.94. The molecule has 0 spiro atoms. The lowest BCUT2D eigenvalue weighted by Crippen LogP contribution is -2.21. The maximum atomic E-state index is 12.4. The van der Waals surface area contributed by atoms with E-state index in [0.29, 0.717) is 38.7 Å². The van der Waals surface area contributed by atoms with Crippen molar-refractivity contribution in [3.63, 3.8) is 0 Å². The van der Waals surface area contributed by atoms with Crippen LogP contribution in [0.1, 0.15) is 10.5 Å². The molecule has 34 heavy (non-hydrogen) atoms. The fourth-order valence-corrected chi connectivity index (χ4v) is 2.77. The van der Waals surface area contributed by atoms with Gasteiger partial charge in [0, 0.05) is 30.3 Å². The number of rotatable bonds is 4. The standard InChI is InChI=1S/C19H12Cl2N4O2.C2HF3O2/c20-12-4-7-18(22-10-12)27-16-6-5-13(9-14(16)21)23-19(26)15-11-25-8-2-1-3-17(25)24-15;3-2(4,5)1(6)7/h1-11H,(H,23,26);(H,6,7). The third kappa shape index (κ3) is 6.59. The van der Waals surface area contributed by atoms with Crippen LogP contribution in [0.5, 0.6) is 11.6 Å². The molecular formula is C21H13Cl2F3N4O4. The Balaban J connectivity index is 0.000000406. The number of imidazole rings is 1. The molecule has 3 aromatic heterocycles. The summed E-state index contributed by atoms with van der Waals surface area (Å²) < 4.78 is 39.1. The predicted octanol–water partition coefficient (Wildman–Crippen LogP) is 5.71. The SMILES string of the molecule is O=C(Nc1ccc(Oc2ccc(Cl)cn2)c(Cl)c1)c1cn2ccccc2n1.O=C(O)C(F)(F)F. The van der Waals surface area contributed by atoms with E-state index in [4.69, 9.17) is 37.8 Å². The summed E-state index contributed by atoms with van der Waals surface area (Å²) >= 11 is 12.1. The van der Waals surface area contributed by atoms with E-state index in [1.807, 2.05) is 24.4 Å². The van der Waals surface area contributed by atoms with Gasteiger partial charge in [-0.15, -0.1) is 0 Å². The lowest BCUT2D eigenvalue weighted by Gasteiger charge is -2.09. The second-order valence-corrected chi connectivity index (χ2v) is 7.25. The molecule has 0 aliphatic rings. The summed E-state index contributed by atoms with van der Waals surface area (Å²) in [4.78, 5) is 29.7. The number of aromatic nitrogens is 3. The number of alkyl halides is 3. The summed E-state index contributed by atoms with van der Waals surface area (Å²) in [5.74, 6) is -2.31. The maximum absolute atomic E-state index is 12.4. The lowest BCUT2D eigenvalue weighted by molar-refractivity contribution is -0.192. The first-order chi connectivity index (χ1) is 16.0. The summed E-state index contributed by atoms with van der Waals surface area (Å²) in [6, 6.07) is 13.8. The van der Waals surface area contributed by atoms with Gasteiger partial charge in [0.2, 0.25) is 5.88 Å². The third-order valence-corrected chi connectivity index (χ3v) is 4.46. The van der Waals surface area contributed by atoms with E-state index >= 15 is 0 Å². The first kappa shape index (κ1) is 24.8. The van der Waals surface area contributed by atoms with E-state index in [-0.39, 0.29) is 5.91 Å². The number of carbonyl (C=O) groups is 2. The van der Waals surface area contributed by atoms with Crippen molar-refractivity contribution in [2.45, 2.75) is 6.18 Å². The topological polar surface area (TPSA) is 106 Å². The molecule has 2 N–H and O–H groups in total. The van der Waals surface area contributed by atoms with Gasteiger partial charge in [-0.3, -0.25) is 4.79 Å². The zero-order chi connectivity index (χ0) is 24.9. The summed E-state index contributed by atoms with van der Waals surface area (Å²) in [5, 5.41) is 10.7. The Hall–Kier alpha value is -3.83. The van der Waals surface area contributed by atoms with Crippen molar-refractivity contribution in [1.29, 1.82) is 0 Å². The van der Waals surface area contributed by atoms with Crippen molar-refractivity contribution in [1.82, 2.24) is 14.4 Å². The van der Waals surface area contributed by atoms with E-state index in [1.54, 1.807) is 40.9 Å². The Kier molecular flexibility index (Phi) is 7.59. The Morgan fingerprint density at radius 2 is 1.82 bits per heavy atom. The van der Waals surface area contributed by atoms with E-state index in [2.05, 4.69) is 15.3 Å². The fourth-order valence-electron chi connectivity index (χ4n) is 2.44. The van der Waals surface area contributed by atoms with Gasteiger partial charge < -0.3 is 19.6 Å². The Morgan fingerprint density at radius 3 is 2.41 bits per heavy atom. The first-order valence-corrected chi connectivity index (χ1v) is 9.92. The smallest absolute Gasteiger partial charge is 0.475 e. The van der Waals surface area contributed by atoms with Crippen LogP contribution in [-0.2, 0) is 4.79 Å². The van der Waals surface area contributed by atoms with Crippen LogP contribution in [-0.4, -0.2) is 37.5 Å². The molecule has 3 heterocycles. The number of pyridine rings is 2. The molecule has 0 atom stereocenters. The van der Waals surface area contributed by atoms with Crippen LogP contribution in [0, 0.1) is 0 Å². The summed E-state index contributed by atoms with van der Waals surface area (Å²) in [6.45, 7) is 0. The summed E-state index contributed by atoms with van der Waals surface area (Å²) in [5.41, 5.74) is 1.53. The monoisotopic (exact) mass is 512 g/mol. The van der Waals surface area contributed by atoms with Gasteiger partial charge in [-0.25, -0.2) is 14.8 Å². The van der Waals surface area contributed by atoms with Crippen molar-refractivity contribution < 1.29 is 32.6 Å². The van der Waals surface area contributed by atoms with E-state index < -0.39 is 12.1 Å². The maximum Gasteiger partial charge on any atom is 0.490 e. The Bertz CT molecular complexity index is 1290. The van der Waals surface area contributed by atoms with Gasteiger partial charge in [0.05, 0.1) is 10.0 Å². The van der Waals surface area contributed by atoms with Crippen LogP contribution in [0.25, 0.3) is 5.65 Å². The lowest BCUT2D eigenvalue weighted by atomic mass is 10.3. The number of hydrogen-bond acceptors (Lipinski definition) is 5. The molecule has 0 fully saturated rings. The van der Waals surface area contributed by atoms with Crippen LogP contribution in [0.15, 0.2) is 67.1 Å². The van der Waals surface area contributed by atoms with Crippen LogP contribution in [0.3, 0.4) is 0 Å². The largest absolute Gasteiger partial charge is 0.490 e. The minimum absolute atomic E-state index is 0.308. The number of ether oxygens (including phenoxy) is 1. The quantitative estimate of drug-likeness (QED) is 0.362. The van der Waals surface area contributed by atoms with Crippen molar-refractivity contribution >= 4 is 46.4 Å². The molecule has 8 nitrogen and oxygen atoms in total. The van der Waals surface area contributed by atoms with E-state index in [0.717, 1.165) is 0 Å². The minimum Gasteiger partial charge on any atom is -0.475 e. The molecule has 0 aliphatic carbocycles. The van der Waals surface area contributed by atoms with Crippen LogP contribution < -0.4 is 10.1 Å². The molecule has 176 valence electrons. The molecule has 0 radical (unpaired) electrons. The van der Waals surface area contributed by atoms with Gasteiger partial charge >= 0.3 is 12.1 Å². The second-order valence-electron chi connectivity index (χ2n) is 6.41. The number of hydrogen-bond donors (Lipinski definition) is 2. The molecular weight excluding hydrogens is 500 g/mol. The molecule has 0 bridgehead atoms. The van der Waals surface area contributed by atoms with Gasteiger partial charge in [0.1, 0.15) is 17.1 Å². The molecule has 4 rings (SSSR count). The van der Waals surface area contributed by atoms with E-state index in [9.17, 15) is 18.0 Å². The number of aliphatic carboxylic acids is 1. The highest BCUT2D eigenvalue weighted by Gasteiger charge is 2.38. The zero-order valence-electron chi connectivity index (χ0n) is 16.8. The highest BCUT2D eigenvalue weighted by Crippen LogP contribution is 2.31. The number of amides is 1. The van der Waals surface area contributed by atoms with E-state index in [1.165, 1.54) is 6.20 Å². The molecule has 0 saturated carbocycles. The molecule has 1 amide bonds. The van der Waals surface area contributed by atoms with Crippen molar-refractivity contribution in [2.24, 2.45) is 0 Å². The van der Waals surface area contributed by atoms with Crippen molar-refractivity contribution in [3.8, 4) is 11.6 Å². The number of carbonyl (C=O) groups excluding carboxylic acids is 1. The molecule has 0 aliphatic heterocycles. The van der Waals surface area contributed by atoms with Crippen molar-refractivity contribution in [2.75, 3.05) is 5.32 Å². The molecule has 13 heteroatoms. The zero-order valence-corrected chi connectivity index (χ0v) is 18.3. The van der Waals surface area contributed by atoms with Gasteiger partial charge in [0.25, 0.3) is 5.91 Å². The number of nitrogens with zero attached hydrogens (tertiary/aromatic N) is 3. The van der Waals surface area contributed by atoms with Crippen LogP contribution >= 0.6 is 23.2 Å². The second kappa shape index (κ2) is 10.4. The average molecular weight is 513 g/mol. The number of fused-ring (bicyclic) bond motifs is 1. The average Bonchev–Trinajstić information content (AvgIpc) is 3.21. The highest BCUT2D eigenvalue weighted by atomic mass is 35.5. The molecule has 1 aromatic carbocycles. The van der Waals surface area contributed by atoms with Gasteiger partial charge in [0.15, 0.2) is 0 Å². The Morgan fingerprint density at radius 1 is 1.09 bits per heavy atom.